The smallest absolute Gasteiger partial charge is 0.197 e. The minimum atomic E-state index is 0.0785. The number of nitrogens with zero attached hydrogens (tertiary/aromatic N) is 1. The van der Waals surface area contributed by atoms with Crippen molar-refractivity contribution >= 4 is 52.7 Å². The molecule has 1 N–H and O–H groups in total. The molecule has 1 saturated carbocycles. The first-order valence-electron chi connectivity index (χ1n) is 15.6. The predicted molar refractivity (Wildman–Crippen MR) is 177 cm³/mol. The fraction of sp³-hybridized carbons (Fsp3) is 0.351. The Balaban J connectivity index is 1.35. The van der Waals surface area contributed by atoms with E-state index in [0.29, 0.717) is 0 Å². The Labute approximate surface area is 250 Å². The Morgan fingerprint density at radius 2 is 1.71 bits per heavy atom. The van der Waals surface area contributed by atoms with Crippen LogP contribution in [0.1, 0.15) is 76.8 Å². The molecule has 0 spiro atoms. The van der Waals surface area contributed by atoms with Crippen LogP contribution in [0.5, 0.6) is 0 Å². The molecule has 0 amide bonds. The van der Waals surface area contributed by atoms with E-state index in [-0.39, 0.29) is 11.0 Å². The number of unbranched alkanes of at least 4 members (excludes halogenated alkanes) is 2. The van der Waals surface area contributed by atoms with Gasteiger partial charge in [0.2, 0.25) is 0 Å². The van der Waals surface area contributed by atoms with Crippen molar-refractivity contribution in [1.82, 2.24) is 0 Å². The van der Waals surface area contributed by atoms with Crippen molar-refractivity contribution in [2.24, 2.45) is 0 Å². The third-order valence-electron chi connectivity index (χ3n) is 10.7. The van der Waals surface area contributed by atoms with Crippen LogP contribution in [0.15, 0.2) is 82.6 Å². The standard InChI is InChI=1S/C37H38BN2S/c1-4-5-6-13-24-22-26(25-14-11-19-32-34(25)39-29-17-7-8-18-31(29)41-32)33-30(23-24)40-35-27(15-12-16-28(35)38-33)36(2)20-9-10-21-37(36,40)3/h7-8,11-12,14-19,22-23,39H,4-6,9-10,13,20-21H2,1-3H3. The van der Waals surface area contributed by atoms with E-state index in [4.69, 9.17) is 0 Å². The van der Waals surface area contributed by atoms with Crippen LogP contribution < -0.4 is 21.1 Å². The zero-order valence-corrected chi connectivity index (χ0v) is 25.3. The lowest BCUT2D eigenvalue weighted by molar-refractivity contribution is 0.195. The van der Waals surface area contributed by atoms with Crippen molar-refractivity contribution in [3.8, 4) is 11.1 Å². The van der Waals surface area contributed by atoms with E-state index in [9.17, 15) is 0 Å². The van der Waals surface area contributed by atoms with E-state index in [0.717, 1.165) is 6.42 Å². The van der Waals surface area contributed by atoms with E-state index in [1.807, 2.05) is 11.8 Å². The maximum Gasteiger partial charge on any atom is 0.197 e. The van der Waals surface area contributed by atoms with Crippen molar-refractivity contribution in [3.63, 3.8) is 0 Å². The summed E-state index contributed by atoms with van der Waals surface area (Å²) in [7, 11) is 2.50. The number of para-hydroxylation sites is 3. The second-order valence-corrected chi connectivity index (χ2v) is 14.1. The zero-order valence-electron chi connectivity index (χ0n) is 24.5. The molecule has 4 aliphatic rings. The second kappa shape index (κ2) is 9.46. The number of fused-ring (bicyclic) bond motifs is 7. The van der Waals surface area contributed by atoms with Gasteiger partial charge in [-0.05, 0) is 73.6 Å². The van der Waals surface area contributed by atoms with Crippen molar-refractivity contribution in [3.05, 3.63) is 83.9 Å². The summed E-state index contributed by atoms with van der Waals surface area (Å²) >= 11 is 1.88. The average molecular weight is 554 g/mol. The van der Waals surface area contributed by atoms with Crippen LogP contribution in [-0.2, 0) is 11.8 Å². The summed E-state index contributed by atoms with van der Waals surface area (Å²) in [6.45, 7) is 7.42. The lowest BCUT2D eigenvalue weighted by Gasteiger charge is -2.51. The van der Waals surface area contributed by atoms with Crippen LogP contribution >= 0.6 is 11.8 Å². The van der Waals surface area contributed by atoms with Gasteiger partial charge in [-0.2, -0.15) is 0 Å². The van der Waals surface area contributed by atoms with Gasteiger partial charge in [-0.15, -0.1) is 0 Å². The Morgan fingerprint density at radius 1 is 0.878 bits per heavy atom. The third kappa shape index (κ3) is 3.65. The summed E-state index contributed by atoms with van der Waals surface area (Å²) in [5.41, 5.74) is 14.0. The van der Waals surface area contributed by atoms with Crippen LogP contribution in [-0.4, -0.2) is 12.8 Å². The monoisotopic (exact) mass is 553 g/mol. The average Bonchev–Trinajstić information content (AvgIpc) is 3.21. The summed E-state index contributed by atoms with van der Waals surface area (Å²) in [6.07, 6.45) is 10.0. The normalized spacial score (nSPS) is 23.0. The first-order valence-corrected chi connectivity index (χ1v) is 16.5. The molecule has 41 heavy (non-hydrogen) atoms. The Hall–Kier alpha value is -3.11. The van der Waals surface area contributed by atoms with Gasteiger partial charge in [0.1, 0.15) is 0 Å². The van der Waals surface area contributed by atoms with Gasteiger partial charge < -0.3 is 10.2 Å². The van der Waals surface area contributed by atoms with Crippen LogP contribution in [0.4, 0.5) is 22.7 Å². The molecular formula is C37H38BN2S. The minimum Gasteiger partial charge on any atom is -0.353 e. The molecule has 4 aromatic carbocycles. The summed E-state index contributed by atoms with van der Waals surface area (Å²) < 4.78 is 0. The highest BCUT2D eigenvalue weighted by molar-refractivity contribution is 7.99. The molecule has 2 unspecified atom stereocenters. The molecule has 1 aliphatic carbocycles. The van der Waals surface area contributed by atoms with Crippen molar-refractivity contribution in [1.29, 1.82) is 0 Å². The van der Waals surface area contributed by atoms with Crippen molar-refractivity contribution in [2.45, 2.75) is 92.9 Å². The zero-order chi connectivity index (χ0) is 27.8. The summed E-state index contributed by atoms with van der Waals surface area (Å²) in [6, 6.07) is 27.7. The largest absolute Gasteiger partial charge is 0.353 e. The van der Waals surface area contributed by atoms with Gasteiger partial charge >= 0.3 is 0 Å². The van der Waals surface area contributed by atoms with Crippen molar-refractivity contribution < 1.29 is 0 Å². The molecular weight excluding hydrogens is 515 g/mol. The van der Waals surface area contributed by atoms with Gasteiger partial charge in [0.15, 0.2) is 7.28 Å². The maximum atomic E-state index is 3.85. The first kappa shape index (κ1) is 25.6. The number of nitrogens with one attached hydrogen (secondary N) is 1. The highest BCUT2D eigenvalue weighted by atomic mass is 32.2. The minimum absolute atomic E-state index is 0.0785. The van der Waals surface area contributed by atoms with E-state index >= 15 is 0 Å². The molecule has 2 nitrogen and oxygen atoms in total. The van der Waals surface area contributed by atoms with Crippen LogP contribution in [0.3, 0.4) is 0 Å². The number of benzene rings is 4. The van der Waals surface area contributed by atoms with Crippen LogP contribution in [0, 0.1) is 0 Å². The highest BCUT2D eigenvalue weighted by Gasteiger charge is 2.59. The number of aryl methyl sites for hydroxylation is 1. The number of anilines is 4. The van der Waals surface area contributed by atoms with Gasteiger partial charge in [-0.1, -0.05) is 111 Å². The molecule has 3 heterocycles. The molecule has 2 atom stereocenters. The Morgan fingerprint density at radius 3 is 2.61 bits per heavy atom. The third-order valence-corrected chi connectivity index (χ3v) is 11.8. The SMILES string of the molecule is CCCCCc1cc(-c2cccc3c2Nc2ccccc2S3)c2c(c1)N1c3c(cccc3C3(C)CCCCC13C)[B]2. The van der Waals surface area contributed by atoms with E-state index in [1.165, 1.54) is 105 Å². The van der Waals surface area contributed by atoms with Crippen molar-refractivity contribution in [2.75, 3.05) is 10.2 Å². The van der Waals surface area contributed by atoms with E-state index < -0.39 is 0 Å². The lowest BCUT2D eigenvalue weighted by atomic mass is 9.58. The molecule has 1 fully saturated rings. The summed E-state index contributed by atoms with van der Waals surface area (Å²) in [4.78, 5) is 5.41. The molecule has 0 saturated heterocycles. The quantitative estimate of drug-likeness (QED) is 0.173. The molecule has 4 heteroatoms. The Bertz CT molecular complexity index is 1690. The van der Waals surface area contributed by atoms with Gasteiger partial charge in [0.05, 0.1) is 16.9 Å². The fourth-order valence-electron chi connectivity index (χ4n) is 8.30. The first-order chi connectivity index (χ1) is 20.0. The number of rotatable bonds is 5. The molecule has 205 valence electrons. The molecule has 3 aliphatic heterocycles. The van der Waals surface area contributed by atoms with Gasteiger partial charge in [-0.3, -0.25) is 0 Å². The summed E-state index contributed by atoms with van der Waals surface area (Å²) in [5.74, 6) is 0. The predicted octanol–water partition coefficient (Wildman–Crippen LogP) is 9.01. The van der Waals surface area contributed by atoms with Crippen LogP contribution in [0.25, 0.3) is 11.1 Å². The number of hydrogen-bond donors (Lipinski definition) is 1. The van der Waals surface area contributed by atoms with Gasteiger partial charge in [0.25, 0.3) is 0 Å². The number of hydrogen-bond acceptors (Lipinski definition) is 3. The van der Waals surface area contributed by atoms with Crippen LogP contribution in [0.2, 0.25) is 0 Å². The lowest BCUT2D eigenvalue weighted by Crippen LogP contribution is -2.57. The van der Waals surface area contributed by atoms with E-state index in [1.54, 1.807) is 5.56 Å². The fourth-order valence-corrected chi connectivity index (χ4v) is 9.32. The maximum absolute atomic E-state index is 3.85. The topological polar surface area (TPSA) is 15.3 Å². The molecule has 1 radical (unpaired) electrons. The Kier molecular flexibility index (Phi) is 5.90. The molecule has 0 bridgehead atoms. The van der Waals surface area contributed by atoms with Gasteiger partial charge in [0, 0.05) is 32.1 Å². The van der Waals surface area contributed by atoms with Gasteiger partial charge in [-0.25, -0.2) is 0 Å². The highest BCUT2D eigenvalue weighted by Crippen LogP contribution is 2.61. The second-order valence-electron chi connectivity index (χ2n) is 13.0. The molecule has 8 rings (SSSR count). The summed E-state index contributed by atoms with van der Waals surface area (Å²) in [5, 5.41) is 3.85. The van der Waals surface area contributed by atoms with E-state index in [2.05, 4.69) is 111 Å². The molecule has 0 aromatic heterocycles. The molecule has 4 aromatic rings.